The number of halogens is 1. The predicted octanol–water partition coefficient (Wildman–Crippen LogP) is 2.97. The number of hydrogen-bond donors (Lipinski definition) is 1. The van der Waals surface area contributed by atoms with Gasteiger partial charge in [-0.3, -0.25) is 0 Å². The zero-order valence-corrected chi connectivity index (χ0v) is 8.68. The number of aryl methyl sites for hydroxylation is 1. The van der Waals surface area contributed by atoms with E-state index in [0.29, 0.717) is 0 Å². The van der Waals surface area contributed by atoms with Crippen LogP contribution in [0.15, 0.2) is 30.9 Å². The van der Waals surface area contributed by atoms with Crippen LogP contribution in [-0.2, 0) is 0 Å². The quantitative estimate of drug-likeness (QED) is 0.725. The van der Waals surface area contributed by atoms with Gasteiger partial charge in [0.15, 0.2) is 0 Å². The van der Waals surface area contributed by atoms with Crippen molar-refractivity contribution in [3.05, 3.63) is 47.8 Å². The van der Waals surface area contributed by atoms with E-state index in [1.807, 2.05) is 26.1 Å². The van der Waals surface area contributed by atoms with E-state index in [9.17, 15) is 4.39 Å². The second-order valence-electron chi connectivity index (χ2n) is 3.43. The summed E-state index contributed by atoms with van der Waals surface area (Å²) in [5.41, 5.74) is 1.93. The Kier molecular flexibility index (Phi) is 3.84. The molecular weight excluding hydrogens is 177 g/mol. The lowest BCUT2D eigenvalue weighted by Gasteiger charge is -2.15. The first-order valence-corrected chi connectivity index (χ1v) is 4.72. The molecule has 76 valence electrons. The summed E-state index contributed by atoms with van der Waals surface area (Å²) in [4.78, 5) is 0. The largest absolute Gasteiger partial charge is 0.313 e. The van der Waals surface area contributed by atoms with Crippen molar-refractivity contribution in [2.24, 2.45) is 0 Å². The first-order valence-electron chi connectivity index (χ1n) is 4.72. The highest BCUT2D eigenvalue weighted by Crippen LogP contribution is 2.19. The number of benzene rings is 1. The lowest BCUT2D eigenvalue weighted by molar-refractivity contribution is 0.584. The third-order valence-corrected chi connectivity index (χ3v) is 2.22. The molecule has 0 saturated heterocycles. The van der Waals surface area contributed by atoms with Gasteiger partial charge in [0, 0.05) is 6.04 Å². The molecule has 0 bridgehead atoms. The van der Waals surface area contributed by atoms with Crippen molar-refractivity contribution in [3.63, 3.8) is 0 Å². The lowest BCUT2D eigenvalue weighted by Crippen LogP contribution is -2.15. The molecule has 1 aromatic carbocycles. The Bertz CT molecular complexity index is 300. The first kappa shape index (κ1) is 10.9. The van der Waals surface area contributed by atoms with E-state index in [1.54, 1.807) is 6.07 Å². The van der Waals surface area contributed by atoms with Gasteiger partial charge in [-0.15, -0.1) is 6.58 Å². The third kappa shape index (κ3) is 2.67. The first-order chi connectivity index (χ1) is 6.67. The third-order valence-electron chi connectivity index (χ3n) is 2.22. The summed E-state index contributed by atoms with van der Waals surface area (Å²) in [6.45, 7) is 5.58. The summed E-state index contributed by atoms with van der Waals surface area (Å²) in [7, 11) is 1.87. The van der Waals surface area contributed by atoms with E-state index < -0.39 is 0 Å². The summed E-state index contributed by atoms with van der Waals surface area (Å²) in [5.74, 6) is -0.177. The van der Waals surface area contributed by atoms with Gasteiger partial charge >= 0.3 is 0 Å². The summed E-state index contributed by atoms with van der Waals surface area (Å²) in [6.07, 6.45) is 2.64. The predicted molar refractivity (Wildman–Crippen MR) is 57.8 cm³/mol. The Morgan fingerprint density at radius 2 is 2.21 bits per heavy atom. The molecule has 1 N–H and O–H groups in total. The summed E-state index contributed by atoms with van der Waals surface area (Å²) in [6, 6.07) is 5.25. The Balaban J connectivity index is 2.96. The summed E-state index contributed by atoms with van der Waals surface area (Å²) in [5, 5.41) is 3.14. The van der Waals surface area contributed by atoms with Crippen LogP contribution in [0, 0.1) is 12.7 Å². The molecule has 1 aromatic rings. The van der Waals surface area contributed by atoms with Crippen LogP contribution in [0.4, 0.5) is 4.39 Å². The van der Waals surface area contributed by atoms with Gasteiger partial charge in [0.05, 0.1) is 0 Å². The number of hydrogen-bond acceptors (Lipinski definition) is 1. The van der Waals surface area contributed by atoms with Crippen LogP contribution in [-0.4, -0.2) is 7.05 Å². The van der Waals surface area contributed by atoms with E-state index in [4.69, 9.17) is 0 Å². The zero-order chi connectivity index (χ0) is 10.6. The van der Waals surface area contributed by atoms with Gasteiger partial charge < -0.3 is 5.32 Å². The van der Waals surface area contributed by atoms with E-state index in [0.717, 1.165) is 17.5 Å². The minimum absolute atomic E-state index is 0.155. The second-order valence-corrected chi connectivity index (χ2v) is 3.43. The van der Waals surface area contributed by atoms with Gasteiger partial charge in [-0.25, -0.2) is 4.39 Å². The Hall–Kier alpha value is -1.15. The van der Waals surface area contributed by atoms with Crippen LogP contribution >= 0.6 is 0 Å². The SMILES string of the molecule is C=CCC(NC)c1cc(C)cc(F)c1. The molecule has 0 heterocycles. The monoisotopic (exact) mass is 193 g/mol. The van der Waals surface area contributed by atoms with Gasteiger partial charge in [-0.05, 0) is 43.7 Å². The topological polar surface area (TPSA) is 12.0 Å². The Morgan fingerprint density at radius 3 is 2.71 bits per heavy atom. The van der Waals surface area contributed by atoms with Crippen LogP contribution in [0.2, 0.25) is 0 Å². The Labute approximate surface area is 84.6 Å². The second kappa shape index (κ2) is 4.91. The fourth-order valence-electron chi connectivity index (χ4n) is 1.55. The molecule has 1 rings (SSSR count). The van der Waals surface area contributed by atoms with Crippen molar-refractivity contribution >= 4 is 0 Å². The van der Waals surface area contributed by atoms with Crippen molar-refractivity contribution in [3.8, 4) is 0 Å². The van der Waals surface area contributed by atoms with E-state index in [1.165, 1.54) is 6.07 Å². The number of rotatable bonds is 4. The molecule has 1 atom stereocenters. The van der Waals surface area contributed by atoms with Crippen molar-refractivity contribution in [2.45, 2.75) is 19.4 Å². The average molecular weight is 193 g/mol. The smallest absolute Gasteiger partial charge is 0.123 e. The molecule has 0 saturated carbocycles. The molecule has 0 aromatic heterocycles. The zero-order valence-electron chi connectivity index (χ0n) is 8.68. The lowest BCUT2D eigenvalue weighted by atomic mass is 10.0. The van der Waals surface area contributed by atoms with Crippen molar-refractivity contribution in [1.29, 1.82) is 0 Å². The number of nitrogens with one attached hydrogen (secondary N) is 1. The van der Waals surface area contributed by atoms with Gasteiger partial charge in [0.1, 0.15) is 5.82 Å². The highest BCUT2D eigenvalue weighted by Gasteiger charge is 2.08. The minimum Gasteiger partial charge on any atom is -0.313 e. The minimum atomic E-state index is -0.177. The molecule has 0 aliphatic carbocycles. The van der Waals surface area contributed by atoms with Crippen molar-refractivity contribution in [1.82, 2.24) is 5.32 Å². The van der Waals surface area contributed by atoms with Crippen molar-refractivity contribution < 1.29 is 4.39 Å². The Morgan fingerprint density at radius 1 is 1.50 bits per heavy atom. The standard InChI is InChI=1S/C12H16FN/c1-4-5-12(14-3)10-6-9(2)7-11(13)8-10/h4,6-8,12,14H,1,5H2,2-3H3. The fourth-order valence-corrected chi connectivity index (χ4v) is 1.55. The summed E-state index contributed by atoms with van der Waals surface area (Å²) >= 11 is 0. The van der Waals surface area contributed by atoms with E-state index in [2.05, 4.69) is 11.9 Å². The fraction of sp³-hybridized carbons (Fsp3) is 0.333. The van der Waals surface area contributed by atoms with Crippen LogP contribution in [0.25, 0.3) is 0 Å². The molecule has 0 fully saturated rings. The average Bonchev–Trinajstić information content (AvgIpc) is 2.12. The van der Waals surface area contributed by atoms with Gasteiger partial charge in [0.2, 0.25) is 0 Å². The van der Waals surface area contributed by atoms with Crippen LogP contribution in [0.1, 0.15) is 23.6 Å². The molecule has 1 unspecified atom stereocenters. The molecule has 14 heavy (non-hydrogen) atoms. The van der Waals surface area contributed by atoms with Crippen LogP contribution < -0.4 is 5.32 Å². The van der Waals surface area contributed by atoms with Crippen LogP contribution in [0.5, 0.6) is 0 Å². The normalized spacial score (nSPS) is 12.5. The molecule has 0 radical (unpaired) electrons. The molecule has 2 heteroatoms. The van der Waals surface area contributed by atoms with Gasteiger partial charge in [0.25, 0.3) is 0 Å². The van der Waals surface area contributed by atoms with E-state index >= 15 is 0 Å². The maximum Gasteiger partial charge on any atom is 0.123 e. The van der Waals surface area contributed by atoms with Crippen molar-refractivity contribution in [2.75, 3.05) is 7.05 Å². The molecule has 0 spiro atoms. The maximum atomic E-state index is 13.1. The maximum absolute atomic E-state index is 13.1. The van der Waals surface area contributed by atoms with Gasteiger partial charge in [-0.2, -0.15) is 0 Å². The summed E-state index contributed by atoms with van der Waals surface area (Å²) < 4.78 is 13.1. The highest BCUT2D eigenvalue weighted by atomic mass is 19.1. The van der Waals surface area contributed by atoms with Gasteiger partial charge in [-0.1, -0.05) is 12.1 Å². The van der Waals surface area contributed by atoms with Crippen LogP contribution in [0.3, 0.4) is 0 Å². The molecule has 0 aliphatic heterocycles. The molecule has 1 nitrogen and oxygen atoms in total. The molecule has 0 amide bonds. The molecular formula is C12H16FN. The van der Waals surface area contributed by atoms with E-state index in [-0.39, 0.29) is 11.9 Å². The highest BCUT2D eigenvalue weighted by molar-refractivity contribution is 5.26. The molecule has 0 aliphatic rings.